The van der Waals surface area contributed by atoms with E-state index < -0.39 is 14.5 Å². The summed E-state index contributed by atoms with van der Waals surface area (Å²) in [6.07, 6.45) is 2.49. The van der Waals surface area contributed by atoms with Crippen LogP contribution in [0.2, 0.25) is 10.6 Å². The van der Waals surface area contributed by atoms with Gasteiger partial charge in [0.15, 0.2) is 0 Å². The summed E-state index contributed by atoms with van der Waals surface area (Å²) in [5.74, 6) is 0. The van der Waals surface area contributed by atoms with Crippen molar-refractivity contribution >= 4 is 14.5 Å². The summed E-state index contributed by atoms with van der Waals surface area (Å²) in [4.78, 5) is 0. The lowest BCUT2D eigenvalue weighted by atomic mass is 10.6. The Balaban J connectivity index is 3.61. The molecule has 0 bridgehead atoms. The molecule has 0 aromatic carbocycles. The molecular formula is C9H21AlO2. The summed E-state index contributed by atoms with van der Waals surface area (Å²) in [5, 5.41) is 2.56. The minimum Gasteiger partial charge on any atom is -0.478 e. The Hall–Kier alpha value is 0.452. The Bertz CT molecular complexity index is 92.5. The molecule has 0 aliphatic heterocycles. The molecule has 72 valence electrons. The van der Waals surface area contributed by atoms with E-state index >= 15 is 0 Å². The molecule has 1 unspecified atom stereocenters. The van der Waals surface area contributed by atoms with Crippen molar-refractivity contribution in [1.82, 2.24) is 0 Å². The number of hydrogen-bond acceptors (Lipinski definition) is 2. The predicted molar refractivity (Wildman–Crippen MR) is 53.5 cm³/mol. The standard InChI is InChI=1S/C3H7O2.2C3H7.Al/c1-3(4)5-2;2*1-3-2;/h3H,1-2H3;2*1,3H2,2H3;/q-1;;;+1. The Morgan fingerprint density at radius 3 is 2.00 bits per heavy atom. The molecule has 0 saturated heterocycles. The summed E-state index contributed by atoms with van der Waals surface area (Å²) < 4.78 is 10.9. The molecular weight excluding hydrogens is 167 g/mol. The maximum atomic E-state index is 5.80. The molecule has 2 nitrogen and oxygen atoms in total. The number of methoxy groups -OCH3 is 1. The molecule has 0 heterocycles. The van der Waals surface area contributed by atoms with Crippen molar-refractivity contribution in [2.75, 3.05) is 7.11 Å². The van der Waals surface area contributed by atoms with Gasteiger partial charge < -0.3 is 8.53 Å². The molecule has 0 aromatic heterocycles. The van der Waals surface area contributed by atoms with Crippen LogP contribution in [0.5, 0.6) is 0 Å². The van der Waals surface area contributed by atoms with Crippen molar-refractivity contribution in [2.45, 2.75) is 50.5 Å². The molecule has 0 amide bonds. The Labute approximate surface area is 81.0 Å². The first kappa shape index (κ1) is 12.5. The van der Waals surface area contributed by atoms with Crippen molar-refractivity contribution in [3.05, 3.63) is 0 Å². The van der Waals surface area contributed by atoms with Gasteiger partial charge in [-0.05, 0) is 6.92 Å². The average Bonchev–Trinajstić information content (AvgIpc) is 2.05. The van der Waals surface area contributed by atoms with E-state index in [9.17, 15) is 0 Å². The van der Waals surface area contributed by atoms with Crippen LogP contribution >= 0.6 is 0 Å². The lowest BCUT2D eigenvalue weighted by Crippen LogP contribution is -2.24. The lowest BCUT2D eigenvalue weighted by molar-refractivity contribution is -0.0416. The zero-order valence-electron chi connectivity index (χ0n) is 8.80. The van der Waals surface area contributed by atoms with Gasteiger partial charge in [0.2, 0.25) is 0 Å². The maximum Gasteiger partial charge on any atom is 0.462 e. The molecule has 0 radical (unpaired) electrons. The van der Waals surface area contributed by atoms with Gasteiger partial charge in [-0.15, -0.1) is 0 Å². The van der Waals surface area contributed by atoms with Crippen molar-refractivity contribution in [1.29, 1.82) is 0 Å². The van der Waals surface area contributed by atoms with E-state index in [0.29, 0.717) is 0 Å². The highest BCUT2D eigenvalue weighted by Crippen LogP contribution is 2.09. The van der Waals surface area contributed by atoms with Crippen molar-refractivity contribution in [2.24, 2.45) is 0 Å². The summed E-state index contributed by atoms with van der Waals surface area (Å²) in [6.45, 7) is 6.41. The summed E-state index contributed by atoms with van der Waals surface area (Å²) >= 11 is -0.934. The third-order valence-electron chi connectivity index (χ3n) is 1.94. The van der Waals surface area contributed by atoms with Crippen molar-refractivity contribution in [3.8, 4) is 0 Å². The Kier molecular flexibility index (Phi) is 8.37. The van der Waals surface area contributed by atoms with Gasteiger partial charge in [-0.1, -0.05) is 37.3 Å². The molecule has 0 aliphatic carbocycles. The second kappa shape index (κ2) is 8.07. The van der Waals surface area contributed by atoms with Crippen LogP contribution in [-0.4, -0.2) is 27.9 Å². The van der Waals surface area contributed by atoms with E-state index in [1.807, 2.05) is 6.92 Å². The van der Waals surface area contributed by atoms with Gasteiger partial charge in [-0.2, -0.15) is 0 Å². The van der Waals surface area contributed by atoms with Gasteiger partial charge in [-0.25, -0.2) is 0 Å². The lowest BCUT2D eigenvalue weighted by Gasteiger charge is -2.17. The molecule has 0 saturated carbocycles. The molecule has 0 aromatic rings. The van der Waals surface area contributed by atoms with Gasteiger partial charge in [0.1, 0.15) is 6.29 Å². The second-order valence-corrected chi connectivity index (χ2v) is 5.81. The normalized spacial score (nSPS) is 13.0. The van der Waals surface area contributed by atoms with Crippen LogP contribution in [-0.2, 0) is 8.53 Å². The highest BCUT2D eigenvalue weighted by atomic mass is 27.2. The fourth-order valence-electron chi connectivity index (χ4n) is 1.25. The van der Waals surface area contributed by atoms with Crippen molar-refractivity contribution < 1.29 is 8.53 Å². The molecule has 0 aliphatic rings. The molecule has 0 spiro atoms. The van der Waals surface area contributed by atoms with Crippen molar-refractivity contribution in [3.63, 3.8) is 0 Å². The number of hydrogen-bond donors (Lipinski definition) is 0. The van der Waals surface area contributed by atoms with Crippen LogP contribution in [0.15, 0.2) is 0 Å². The highest BCUT2D eigenvalue weighted by molar-refractivity contribution is 6.51. The third-order valence-corrected chi connectivity index (χ3v) is 5.15. The van der Waals surface area contributed by atoms with Gasteiger partial charge in [0.05, 0.1) is 0 Å². The molecule has 3 heteroatoms. The summed E-state index contributed by atoms with van der Waals surface area (Å²) in [6, 6.07) is 0. The van der Waals surface area contributed by atoms with E-state index in [1.165, 1.54) is 23.4 Å². The van der Waals surface area contributed by atoms with Crippen LogP contribution in [0.25, 0.3) is 0 Å². The second-order valence-electron chi connectivity index (χ2n) is 3.14. The van der Waals surface area contributed by atoms with Gasteiger partial charge in [0.25, 0.3) is 0 Å². The topological polar surface area (TPSA) is 18.5 Å². The van der Waals surface area contributed by atoms with Crippen LogP contribution in [0, 0.1) is 0 Å². The van der Waals surface area contributed by atoms with Crippen LogP contribution in [0.4, 0.5) is 0 Å². The number of rotatable bonds is 7. The molecule has 12 heavy (non-hydrogen) atoms. The minimum atomic E-state index is -0.934. The minimum absolute atomic E-state index is 0.000216. The zero-order valence-corrected chi connectivity index (χ0v) is 9.95. The Morgan fingerprint density at radius 1 is 1.17 bits per heavy atom. The van der Waals surface area contributed by atoms with E-state index in [0.717, 1.165) is 0 Å². The molecule has 1 atom stereocenters. The smallest absolute Gasteiger partial charge is 0.462 e. The van der Waals surface area contributed by atoms with Crippen LogP contribution in [0.3, 0.4) is 0 Å². The number of ether oxygens (including phenoxy) is 1. The van der Waals surface area contributed by atoms with Crippen LogP contribution in [0.1, 0.15) is 33.6 Å². The fraction of sp³-hybridized carbons (Fsp3) is 1.00. The quantitative estimate of drug-likeness (QED) is 0.452. The predicted octanol–water partition coefficient (Wildman–Crippen LogP) is 2.81. The molecule has 0 N–H and O–H groups in total. The monoisotopic (exact) mass is 188 g/mol. The third kappa shape index (κ3) is 6.02. The van der Waals surface area contributed by atoms with E-state index in [2.05, 4.69) is 13.8 Å². The largest absolute Gasteiger partial charge is 0.478 e. The van der Waals surface area contributed by atoms with E-state index in [1.54, 1.807) is 7.11 Å². The SMILES string of the molecule is CC[CH2][Al]([CH2]CC)[O]C(C)OC. The van der Waals surface area contributed by atoms with E-state index in [4.69, 9.17) is 8.53 Å². The van der Waals surface area contributed by atoms with Gasteiger partial charge in [0, 0.05) is 7.11 Å². The Morgan fingerprint density at radius 2 is 1.67 bits per heavy atom. The highest BCUT2D eigenvalue weighted by Gasteiger charge is 2.20. The zero-order chi connectivity index (χ0) is 9.40. The van der Waals surface area contributed by atoms with Crippen LogP contribution < -0.4 is 0 Å². The molecule has 0 fully saturated rings. The fourth-order valence-corrected chi connectivity index (χ4v) is 3.75. The molecule has 0 rings (SSSR count). The summed E-state index contributed by atoms with van der Waals surface area (Å²) in [5.41, 5.74) is 0. The first-order chi connectivity index (χ1) is 5.74. The van der Waals surface area contributed by atoms with Gasteiger partial charge in [-0.3, -0.25) is 0 Å². The van der Waals surface area contributed by atoms with Gasteiger partial charge >= 0.3 is 14.5 Å². The summed E-state index contributed by atoms with van der Waals surface area (Å²) in [7, 11) is 1.70. The maximum absolute atomic E-state index is 5.80. The first-order valence-corrected chi connectivity index (χ1v) is 7.03. The van der Waals surface area contributed by atoms with E-state index in [-0.39, 0.29) is 6.29 Å². The average molecular weight is 188 g/mol. The first-order valence-electron chi connectivity index (χ1n) is 4.92.